The highest BCUT2D eigenvalue weighted by atomic mass is 14.0. The monoisotopic (exact) mass is 160 g/mol. The van der Waals surface area contributed by atoms with E-state index in [1.165, 1.54) is 11.1 Å². The van der Waals surface area contributed by atoms with Crippen LogP contribution in [0.5, 0.6) is 0 Å². The second-order valence-corrected chi connectivity index (χ2v) is 2.97. The fraction of sp³-hybridized carbons (Fsp3) is 0.500. The zero-order valence-corrected chi connectivity index (χ0v) is 7.98. The van der Waals surface area contributed by atoms with Gasteiger partial charge >= 0.3 is 0 Å². The minimum absolute atomic E-state index is 0.833. The van der Waals surface area contributed by atoms with Crippen LogP contribution in [0.25, 0.3) is 0 Å². The molecule has 12 heavy (non-hydrogen) atoms. The van der Waals surface area contributed by atoms with E-state index in [0.717, 1.165) is 25.7 Å². The molecule has 0 amide bonds. The first-order valence-corrected chi connectivity index (χ1v) is 4.24. The summed E-state index contributed by atoms with van der Waals surface area (Å²) in [7, 11) is 0. The third kappa shape index (κ3) is 4.64. The van der Waals surface area contributed by atoms with Gasteiger partial charge in [-0.3, -0.25) is 0 Å². The SMILES string of the molecule is C#CCCC(C)=C(C)CCC#C. The van der Waals surface area contributed by atoms with E-state index in [1.807, 2.05) is 0 Å². The van der Waals surface area contributed by atoms with Gasteiger partial charge in [0.25, 0.3) is 0 Å². The van der Waals surface area contributed by atoms with Crippen molar-refractivity contribution in [2.24, 2.45) is 0 Å². The van der Waals surface area contributed by atoms with Crippen molar-refractivity contribution in [3.63, 3.8) is 0 Å². The van der Waals surface area contributed by atoms with Crippen molar-refractivity contribution in [1.29, 1.82) is 0 Å². The fourth-order valence-corrected chi connectivity index (χ4v) is 0.946. The number of hydrogen-bond donors (Lipinski definition) is 0. The molecule has 0 aromatic heterocycles. The highest BCUT2D eigenvalue weighted by molar-refractivity contribution is 5.12. The molecule has 0 aromatic carbocycles. The first-order valence-electron chi connectivity index (χ1n) is 4.24. The summed E-state index contributed by atoms with van der Waals surface area (Å²) in [6.07, 6.45) is 14.0. The van der Waals surface area contributed by atoms with Crippen LogP contribution in [0.4, 0.5) is 0 Å². The Morgan fingerprint density at radius 2 is 1.25 bits per heavy atom. The molecule has 0 radical (unpaired) electrons. The van der Waals surface area contributed by atoms with E-state index in [-0.39, 0.29) is 0 Å². The van der Waals surface area contributed by atoms with Crippen LogP contribution in [0, 0.1) is 24.7 Å². The molecule has 0 aromatic rings. The van der Waals surface area contributed by atoms with Crippen molar-refractivity contribution in [2.45, 2.75) is 39.5 Å². The van der Waals surface area contributed by atoms with Gasteiger partial charge in [0, 0.05) is 12.8 Å². The van der Waals surface area contributed by atoms with Crippen molar-refractivity contribution < 1.29 is 0 Å². The van der Waals surface area contributed by atoms with Crippen LogP contribution < -0.4 is 0 Å². The molecular weight excluding hydrogens is 144 g/mol. The molecule has 0 heterocycles. The lowest BCUT2D eigenvalue weighted by atomic mass is 10.0. The lowest BCUT2D eigenvalue weighted by molar-refractivity contribution is 0.911. The summed E-state index contributed by atoms with van der Waals surface area (Å²) in [5, 5.41) is 0. The van der Waals surface area contributed by atoms with E-state index in [0.29, 0.717) is 0 Å². The number of hydrogen-bond acceptors (Lipinski definition) is 0. The zero-order valence-electron chi connectivity index (χ0n) is 7.98. The van der Waals surface area contributed by atoms with E-state index >= 15 is 0 Å². The Kier molecular flexibility index (Phi) is 5.94. The summed E-state index contributed by atoms with van der Waals surface area (Å²) in [4.78, 5) is 0. The van der Waals surface area contributed by atoms with Crippen molar-refractivity contribution in [2.75, 3.05) is 0 Å². The first kappa shape index (κ1) is 10.9. The normalized spacial score (nSPS) is 11.3. The summed E-state index contributed by atoms with van der Waals surface area (Å²) in [5.41, 5.74) is 2.78. The predicted molar refractivity (Wildman–Crippen MR) is 54.5 cm³/mol. The van der Waals surface area contributed by atoms with E-state index in [9.17, 15) is 0 Å². The first-order chi connectivity index (χ1) is 5.72. The standard InChI is InChI=1S/C12H16/c1-5-7-9-11(3)12(4)10-8-6-2/h1-2H,7-10H2,3-4H3. The third-order valence-electron chi connectivity index (χ3n) is 2.02. The molecule has 0 saturated carbocycles. The Morgan fingerprint density at radius 1 is 0.917 bits per heavy atom. The van der Waals surface area contributed by atoms with Gasteiger partial charge in [-0.05, 0) is 26.7 Å². The van der Waals surface area contributed by atoms with Crippen LogP contribution in [0.1, 0.15) is 39.5 Å². The van der Waals surface area contributed by atoms with Crippen molar-refractivity contribution >= 4 is 0 Å². The van der Waals surface area contributed by atoms with Gasteiger partial charge in [-0.2, -0.15) is 0 Å². The van der Waals surface area contributed by atoms with Gasteiger partial charge in [0.05, 0.1) is 0 Å². The highest BCUT2D eigenvalue weighted by Gasteiger charge is 1.95. The summed E-state index contributed by atoms with van der Waals surface area (Å²) in [5.74, 6) is 5.27. The highest BCUT2D eigenvalue weighted by Crippen LogP contribution is 2.14. The predicted octanol–water partition coefficient (Wildman–Crippen LogP) is 3.15. The molecule has 0 nitrogen and oxygen atoms in total. The molecular formula is C12H16. The second kappa shape index (κ2) is 6.56. The molecule has 64 valence electrons. The quantitative estimate of drug-likeness (QED) is 0.438. The summed E-state index contributed by atoms with van der Waals surface area (Å²) in [6.45, 7) is 4.26. The zero-order chi connectivity index (χ0) is 9.40. The van der Waals surface area contributed by atoms with Gasteiger partial charge in [0.2, 0.25) is 0 Å². The van der Waals surface area contributed by atoms with Gasteiger partial charge in [0.15, 0.2) is 0 Å². The van der Waals surface area contributed by atoms with E-state index in [4.69, 9.17) is 12.8 Å². The maximum absolute atomic E-state index is 5.17. The van der Waals surface area contributed by atoms with Gasteiger partial charge in [0.1, 0.15) is 0 Å². The average Bonchev–Trinajstić information content (AvgIpc) is 2.10. The maximum Gasteiger partial charge on any atom is 0.0123 e. The van der Waals surface area contributed by atoms with E-state index < -0.39 is 0 Å². The average molecular weight is 160 g/mol. The maximum atomic E-state index is 5.17. The Morgan fingerprint density at radius 3 is 1.50 bits per heavy atom. The van der Waals surface area contributed by atoms with Crippen LogP contribution in [0.3, 0.4) is 0 Å². The molecule has 0 N–H and O–H groups in total. The lowest BCUT2D eigenvalue weighted by Crippen LogP contribution is -1.84. The smallest absolute Gasteiger partial charge is 0.0123 e. The number of rotatable bonds is 4. The Hall–Kier alpha value is -1.14. The van der Waals surface area contributed by atoms with Crippen LogP contribution in [-0.2, 0) is 0 Å². The Bertz CT molecular complexity index is 204. The fourth-order valence-electron chi connectivity index (χ4n) is 0.946. The van der Waals surface area contributed by atoms with Crippen molar-refractivity contribution in [3.8, 4) is 24.7 Å². The van der Waals surface area contributed by atoms with E-state index in [2.05, 4.69) is 25.7 Å². The molecule has 0 aliphatic rings. The largest absolute Gasteiger partial charge is 0.120 e. The molecule has 0 aliphatic carbocycles. The second-order valence-electron chi connectivity index (χ2n) is 2.97. The molecule has 0 atom stereocenters. The van der Waals surface area contributed by atoms with Gasteiger partial charge < -0.3 is 0 Å². The summed E-state index contributed by atoms with van der Waals surface area (Å²) < 4.78 is 0. The third-order valence-corrected chi connectivity index (χ3v) is 2.02. The molecule has 0 aliphatic heterocycles. The Labute approximate surface area is 76.1 Å². The van der Waals surface area contributed by atoms with Gasteiger partial charge in [-0.25, -0.2) is 0 Å². The molecule has 0 bridgehead atoms. The topological polar surface area (TPSA) is 0 Å². The van der Waals surface area contributed by atoms with Crippen LogP contribution in [-0.4, -0.2) is 0 Å². The number of allylic oxidation sites excluding steroid dienone is 2. The molecule has 0 heteroatoms. The summed E-state index contributed by atoms with van der Waals surface area (Å²) >= 11 is 0. The molecule has 0 unspecified atom stereocenters. The minimum Gasteiger partial charge on any atom is -0.120 e. The van der Waals surface area contributed by atoms with Crippen molar-refractivity contribution in [1.82, 2.24) is 0 Å². The Balaban J connectivity index is 3.92. The summed E-state index contributed by atoms with van der Waals surface area (Å²) in [6, 6.07) is 0. The van der Waals surface area contributed by atoms with Crippen molar-refractivity contribution in [3.05, 3.63) is 11.1 Å². The molecule has 0 fully saturated rings. The van der Waals surface area contributed by atoms with E-state index in [1.54, 1.807) is 0 Å². The van der Waals surface area contributed by atoms with Crippen LogP contribution in [0.2, 0.25) is 0 Å². The van der Waals surface area contributed by atoms with Crippen LogP contribution >= 0.6 is 0 Å². The van der Waals surface area contributed by atoms with Gasteiger partial charge in [-0.15, -0.1) is 24.7 Å². The molecule has 0 saturated heterocycles. The molecule has 0 spiro atoms. The minimum atomic E-state index is 0.833. The van der Waals surface area contributed by atoms with Crippen LogP contribution in [0.15, 0.2) is 11.1 Å². The van der Waals surface area contributed by atoms with Gasteiger partial charge in [-0.1, -0.05) is 11.1 Å². The molecule has 0 rings (SSSR count). The lowest BCUT2D eigenvalue weighted by Gasteiger charge is -2.03. The number of terminal acetylenes is 2.